The second-order valence-corrected chi connectivity index (χ2v) is 4.61. The first-order valence-corrected chi connectivity index (χ1v) is 6.42. The van der Waals surface area contributed by atoms with E-state index in [9.17, 15) is 4.79 Å². The minimum atomic E-state index is -0.0223. The Labute approximate surface area is 117 Å². The van der Waals surface area contributed by atoms with Crippen LogP contribution in [0.3, 0.4) is 0 Å². The van der Waals surface area contributed by atoms with Gasteiger partial charge in [0.25, 0.3) is 0 Å². The standard InChI is InChI=1S/C14H18N4O2/c1-11(8-18-10-15-9-16-18)17-14(19)7-12-4-3-5-13(6-12)20-2/h3-6,9-11H,7-8H2,1-2H3,(H,17,19)/t11-/m0/s1. The van der Waals surface area contributed by atoms with Gasteiger partial charge in [0.1, 0.15) is 18.4 Å². The molecule has 0 bridgehead atoms. The van der Waals surface area contributed by atoms with Crippen LogP contribution in [-0.4, -0.2) is 33.8 Å². The van der Waals surface area contributed by atoms with Gasteiger partial charge in [-0.2, -0.15) is 5.10 Å². The van der Waals surface area contributed by atoms with Crippen LogP contribution in [0.1, 0.15) is 12.5 Å². The Hall–Kier alpha value is -2.37. The zero-order chi connectivity index (χ0) is 14.4. The average Bonchev–Trinajstić information content (AvgIpc) is 2.91. The molecule has 1 aromatic heterocycles. The quantitative estimate of drug-likeness (QED) is 0.854. The number of carbonyl (C=O) groups is 1. The van der Waals surface area contributed by atoms with Crippen LogP contribution >= 0.6 is 0 Å². The van der Waals surface area contributed by atoms with Crippen LogP contribution in [0.2, 0.25) is 0 Å². The van der Waals surface area contributed by atoms with Gasteiger partial charge in [0, 0.05) is 6.04 Å². The molecule has 1 atom stereocenters. The van der Waals surface area contributed by atoms with Gasteiger partial charge in [-0.1, -0.05) is 12.1 Å². The minimum Gasteiger partial charge on any atom is -0.497 e. The maximum Gasteiger partial charge on any atom is 0.224 e. The summed E-state index contributed by atoms with van der Waals surface area (Å²) in [4.78, 5) is 15.8. The molecule has 106 valence electrons. The highest BCUT2D eigenvalue weighted by atomic mass is 16.5. The van der Waals surface area contributed by atoms with E-state index in [1.54, 1.807) is 18.1 Å². The first kappa shape index (κ1) is 14.0. The summed E-state index contributed by atoms with van der Waals surface area (Å²) in [6.45, 7) is 2.54. The van der Waals surface area contributed by atoms with E-state index in [-0.39, 0.29) is 11.9 Å². The molecule has 0 spiro atoms. The number of hydrogen-bond acceptors (Lipinski definition) is 4. The summed E-state index contributed by atoms with van der Waals surface area (Å²) in [5.74, 6) is 0.733. The maximum atomic E-state index is 12.0. The third kappa shape index (κ3) is 4.08. The molecule has 6 heteroatoms. The fourth-order valence-corrected chi connectivity index (χ4v) is 1.95. The molecule has 1 amide bonds. The molecule has 0 aliphatic heterocycles. The van der Waals surface area contributed by atoms with Crippen molar-refractivity contribution < 1.29 is 9.53 Å². The van der Waals surface area contributed by atoms with Crippen LogP contribution in [0.4, 0.5) is 0 Å². The topological polar surface area (TPSA) is 69.0 Å². The van der Waals surface area contributed by atoms with Crippen LogP contribution < -0.4 is 10.1 Å². The summed E-state index contributed by atoms with van der Waals surface area (Å²) < 4.78 is 6.83. The van der Waals surface area contributed by atoms with Crippen LogP contribution in [-0.2, 0) is 17.8 Å². The summed E-state index contributed by atoms with van der Waals surface area (Å²) in [6, 6.07) is 7.50. The summed E-state index contributed by atoms with van der Waals surface area (Å²) in [7, 11) is 1.61. The van der Waals surface area contributed by atoms with E-state index in [0.29, 0.717) is 13.0 Å². The van der Waals surface area contributed by atoms with E-state index in [0.717, 1.165) is 11.3 Å². The Morgan fingerprint density at radius 2 is 2.35 bits per heavy atom. The third-order valence-corrected chi connectivity index (χ3v) is 2.83. The van der Waals surface area contributed by atoms with Crippen molar-refractivity contribution in [2.45, 2.75) is 25.9 Å². The molecule has 0 radical (unpaired) electrons. The molecule has 1 aromatic carbocycles. The van der Waals surface area contributed by atoms with E-state index >= 15 is 0 Å². The second-order valence-electron chi connectivity index (χ2n) is 4.61. The average molecular weight is 274 g/mol. The van der Waals surface area contributed by atoms with Crippen molar-refractivity contribution in [2.75, 3.05) is 7.11 Å². The Morgan fingerprint density at radius 1 is 1.50 bits per heavy atom. The van der Waals surface area contributed by atoms with Gasteiger partial charge < -0.3 is 10.1 Å². The largest absolute Gasteiger partial charge is 0.497 e. The molecule has 0 fully saturated rings. The number of nitrogens with one attached hydrogen (secondary N) is 1. The van der Waals surface area contributed by atoms with E-state index in [4.69, 9.17) is 4.74 Å². The van der Waals surface area contributed by atoms with E-state index < -0.39 is 0 Å². The van der Waals surface area contributed by atoms with E-state index in [1.165, 1.54) is 6.33 Å². The highest BCUT2D eigenvalue weighted by Crippen LogP contribution is 2.12. The van der Waals surface area contributed by atoms with Gasteiger partial charge in [-0.25, -0.2) is 4.98 Å². The van der Waals surface area contributed by atoms with E-state index in [2.05, 4.69) is 15.4 Å². The second kappa shape index (κ2) is 6.70. The summed E-state index contributed by atoms with van der Waals surface area (Å²) in [5.41, 5.74) is 0.926. The van der Waals surface area contributed by atoms with Crippen molar-refractivity contribution >= 4 is 5.91 Å². The summed E-state index contributed by atoms with van der Waals surface area (Å²) in [5, 5.41) is 6.94. The van der Waals surface area contributed by atoms with Gasteiger partial charge in [0.2, 0.25) is 5.91 Å². The number of aromatic nitrogens is 3. The summed E-state index contributed by atoms with van der Waals surface area (Å²) >= 11 is 0. The van der Waals surface area contributed by atoms with Crippen molar-refractivity contribution in [3.8, 4) is 5.75 Å². The zero-order valence-corrected chi connectivity index (χ0v) is 11.6. The van der Waals surface area contributed by atoms with Gasteiger partial charge in [-0.15, -0.1) is 0 Å². The molecule has 0 saturated carbocycles. The monoisotopic (exact) mass is 274 g/mol. The van der Waals surface area contributed by atoms with Crippen LogP contribution in [0.5, 0.6) is 5.75 Å². The molecule has 6 nitrogen and oxygen atoms in total. The van der Waals surface area contributed by atoms with Crippen molar-refractivity contribution in [3.63, 3.8) is 0 Å². The van der Waals surface area contributed by atoms with Gasteiger partial charge in [0.15, 0.2) is 0 Å². The maximum absolute atomic E-state index is 12.0. The van der Waals surface area contributed by atoms with Gasteiger partial charge in [-0.3, -0.25) is 9.48 Å². The fraction of sp³-hybridized carbons (Fsp3) is 0.357. The molecule has 2 aromatic rings. The highest BCUT2D eigenvalue weighted by Gasteiger charge is 2.09. The molecule has 2 rings (SSSR count). The van der Waals surface area contributed by atoms with Gasteiger partial charge in [-0.05, 0) is 24.6 Å². The van der Waals surface area contributed by atoms with Gasteiger partial charge >= 0.3 is 0 Å². The number of methoxy groups -OCH3 is 1. The number of hydrogen-bond donors (Lipinski definition) is 1. The van der Waals surface area contributed by atoms with Crippen LogP contribution in [0.25, 0.3) is 0 Å². The first-order valence-electron chi connectivity index (χ1n) is 6.42. The van der Waals surface area contributed by atoms with Gasteiger partial charge in [0.05, 0.1) is 20.1 Å². The Morgan fingerprint density at radius 3 is 3.05 bits per heavy atom. The Balaban J connectivity index is 1.85. The number of amides is 1. The highest BCUT2D eigenvalue weighted by molar-refractivity contribution is 5.78. The molecular formula is C14H18N4O2. The first-order chi connectivity index (χ1) is 9.67. The smallest absolute Gasteiger partial charge is 0.224 e. The number of benzene rings is 1. The molecular weight excluding hydrogens is 256 g/mol. The molecule has 0 aliphatic carbocycles. The van der Waals surface area contributed by atoms with Crippen molar-refractivity contribution in [2.24, 2.45) is 0 Å². The molecule has 1 heterocycles. The molecule has 0 unspecified atom stereocenters. The minimum absolute atomic E-state index is 0.00481. The number of carbonyl (C=O) groups excluding carboxylic acids is 1. The normalized spacial score (nSPS) is 11.9. The molecule has 0 saturated heterocycles. The lowest BCUT2D eigenvalue weighted by molar-refractivity contribution is -0.121. The molecule has 20 heavy (non-hydrogen) atoms. The lowest BCUT2D eigenvalue weighted by atomic mass is 10.1. The Bertz CT molecular complexity index is 554. The van der Waals surface area contributed by atoms with Crippen molar-refractivity contribution in [3.05, 3.63) is 42.5 Å². The van der Waals surface area contributed by atoms with Crippen LogP contribution in [0, 0.1) is 0 Å². The number of nitrogens with zero attached hydrogens (tertiary/aromatic N) is 3. The Kier molecular flexibility index (Phi) is 4.70. The van der Waals surface area contributed by atoms with E-state index in [1.807, 2.05) is 31.2 Å². The SMILES string of the molecule is COc1cccc(CC(=O)N[C@@H](C)Cn2cncn2)c1. The summed E-state index contributed by atoms with van der Waals surface area (Å²) in [6.07, 6.45) is 3.44. The lowest BCUT2D eigenvalue weighted by Gasteiger charge is -2.13. The van der Waals surface area contributed by atoms with Crippen LogP contribution in [0.15, 0.2) is 36.9 Å². The molecule has 1 N–H and O–H groups in total. The predicted octanol–water partition coefficient (Wildman–Crippen LogP) is 1.03. The zero-order valence-electron chi connectivity index (χ0n) is 11.6. The predicted molar refractivity (Wildman–Crippen MR) is 74.3 cm³/mol. The van der Waals surface area contributed by atoms with Crippen molar-refractivity contribution in [1.29, 1.82) is 0 Å². The third-order valence-electron chi connectivity index (χ3n) is 2.83. The fourth-order valence-electron chi connectivity index (χ4n) is 1.95. The lowest BCUT2D eigenvalue weighted by Crippen LogP contribution is -2.36. The number of rotatable bonds is 6. The van der Waals surface area contributed by atoms with Crippen molar-refractivity contribution in [1.82, 2.24) is 20.1 Å². The molecule has 0 aliphatic rings. The number of ether oxygens (including phenoxy) is 1.